The molecule has 2 rings (SSSR count). The average molecular weight is 321 g/mol. The van der Waals surface area contributed by atoms with Crippen molar-refractivity contribution in [3.8, 4) is 11.5 Å². The average Bonchev–Trinajstić information content (AvgIpc) is 2.53. The van der Waals surface area contributed by atoms with E-state index in [9.17, 15) is 8.42 Å². The quantitative estimate of drug-likeness (QED) is 0.850. The minimum Gasteiger partial charge on any atom is -0.496 e. The second-order valence-corrected chi connectivity index (χ2v) is 6.51. The van der Waals surface area contributed by atoms with Crippen LogP contribution in [0.4, 0.5) is 0 Å². The molecular weight excluding hydrogens is 302 g/mol. The Morgan fingerprint density at radius 1 is 0.909 bits per heavy atom. The lowest BCUT2D eigenvalue weighted by molar-refractivity contribution is 0.384. The highest BCUT2D eigenvalue weighted by atomic mass is 32.2. The van der Waals surface area contributed by atoms with Crippen LogP contribution in [0.15, 0.2) is 48.5 Å². The molecular formula is C16H19NO4S. The van der Waals surface area contributed by atoms with Crippen LogP contribution in [0, 0.1) is 0 Å². The Morgan fingerprint density at radius 2 is 1.50 bits per heavy atom. The molecule has 0 aliphatic heterocycles. The third-order valence-electron chi connectivity index (χ3n) is 3.20. The fraction of sp³-hybridized carbons (Fsp3) is 0.250. The summed E-state index contributed by atoms with van der Waals surface area (Å²) in [5.41, 5.74) is 1.41. The van der Waals surface area contributed by atoms with E-state index in [0.717, 1.165) is 5.56 Å². The number of sulfonamides is 1. The second kappa shape index (κ2) is 7.29. The summed E-state index contributed by atoms with van der Waals surface area (Å²) in [7, 11) is -0.367. The molecule has 0 heterocycles. The van der Waals surface area contributed by atoms with Crippen molar-refractivity contribution in [3.63, 3.8) is 0 Å². The first-order valence-corrected chi connectivity index (χ1v) is 8.42. The lowest BCUT2D eigenvalue weighted by Crippen LogP contribution is -2.25. The summed E-state index contributed by atoms with van der Waals surface area (Å²) in [4.78, 5) is 0. The van der Waals surface area contributed by atoms with Gasteiger partial charge in [-0.05, 0) is 17.7 Å². The Hall–Kier alpha value is -2.05. The van der Waals surface area contributed by atoms with Crippen LogP contribution in [0.5, 0.6) is 11.5 Å². The maximum atomic E-state index is 12.2. The highest BCUT2D eigenvalue weighted by Crippen LogP contribution is 2.28. The van der Waals surface area contributed by atoms with Crippen molar-refractivity contribution >= 4 is 10.0 Å². The zero-order chi connectivity index (χ0) is 16.0. The van der Waals surface area contributed by atoms with Gasteiger partial charge in [0.15, 0.2) is 0 Å². The fourth-order valence-electron chi connectivity index (χ4n) is 2.13. The van der Waals surface area contributed by atoms with Gasteiger partial charge in [-0.1, -0.05) is 36.4 Å². The van der Waals surface area contributed by atoms with Gasteiger partial charge >= 0.3 is 0 Å². The minimum absolute atomic E-state index is 0.0642. The van der Waals surface area contributed by atoms with E-state index >= 15 is 0 Å². The summed E-state index contributed by atoms with van der Waals surface area (Å²) < 4.78 is 37.5. The summed E-state index contributed by atoms with van der Waals surface area (Å²) in [6.07, 6.45) is 0. The molecule has 0 bridgehead atoms. The minimum atomic E-state index is -3.44. The van der Waals surface area contributed by atoms with Gasteiger partial charge in [0.25, 0.3) is 0 Å². The highest BCUT2D eigenvalue weighted by Gasteiger charge is 2.15. The van der Waals surface area contributed by atoms with Gasteiger partial charge in [-0.15, -0.1) is 0 Å². The molecule has 0 radical (unpaired) electrons. The summed E-state index contributed by atoms with van der Waals surface area (Å²) in [5.74, 6) is 1.11. The molecule has 0 spiro atoms. The first-order chi connectivity index (χ1) is 10.6. The van der Waals surface area contributed by atoms with Crippen LogP contribution in [0.1, 0.15) is 11.1 Å². The monoisotopic (exact) mass is 321 g/mol. The second-order valence-electron chi connectivity index (χ2n) is 4.71. The van der Waals surface area contributed by atoms with Crippen LogP contribution in [0.2, 0.25) is 0 Å². The molecule has 5 nitrogen and oxygen atoms in total. The first kappa shape index (κ1) is 16.3. The van der Waals surface area contributed by atoms with Crippen molar-refractivity contribution < 1.29 is 17.9 Å². The van der Waals surface area contributed by atoms with Gasteiger partial charge in [0.1, 0.15) is 11.5 Å². The number of nitrogens with one attached hydrogen (secondary N) is 1. The molecule has 22 heavy (non-hydrogen) atoms. The molecule has 2 aromatic rings. The lowest BCUT2D eigenvalue weighted by atomic mass is 10.2. The van der Waals surface area contributed by atoms with E-state index in [1.165, 1.54) is 14.2 Å². The summed E-state index contributed by atoms with van der Waals surface area (Å²) >= 11 is 0. The van der Waals surface area contributed by atoms with Gasteiger partial charge in [-0.3, -0.25) is 0 Å². The molecule has 6 heteroatoms. The van der Waals surface area contributed by atoms with Crippen LogP contribution < -0.4 is 14.2 Å². The van der Waals surface area contributed by atoms with Crippen molar-refractivity contribution in [2.75, 3.05) is 14.2 Å². The van der Waals surface area contributed by atoms with Crippen LogP contribution in [-0.2, 0) is 22.3 Å². The zero-order valence-corrected chi connectivity index (χ0v) is 13.4. The molecule has 0 unspecified atom stereocenters. The third-order valence-corrected chi connectivity index (χ3v) is 4.50. The van der Waals surface area contributed by atoms with Crippen LogP contribution in [-0.4, -0.2) is 22.6 Å². The van der Waals surface area contributed by atoms with Crippen molar-refractivity contribution in [3.05, 3.63) is 59.7 Å². The molecule has 0 saturated carbocycles. The van der Waals surface area contributed by atoms with Gasteiger partial charge in [-0.25, -0.2) is 13.1 Å². The number of benzene rings is 2. The Labute approximate surface area is 130 Å². The van der Waals surface area contributed by atoms with Gasteiger partial charge in [0.05, 0.1) is 25.5 Å². The van der Waals surface area contributed by atoms with E-state index in [-0.39, 0.29) is 12.3 Å². The zero-order valence-electron chi connectivity index (χ0n) is 12.6. The highest BCUT2D eigenvalue weighted by molar-refractivity contribution is 7.88. The maximum absolute atomic E-state index is 12.2. The normalized spacial score (nSPS) is 11.2. The summed E-state index contributed by atoms with van der Waals surface area (Å²) in [5, 5.41) is 0. The molecule has 0 aliphatic rings. The van der Waals surface area contributed by atoms with E-state index < -0.39 is 10.0 Å². The molecule has 2 aromatic carbocycles. The van der Waals surface area contributed by atoms with E-state index in [1.807, 2.05) is 18.2 Å². The summed E-state index contributed by atoms with van der Waals surface area (Å²) in [6, 6.07) is 14.4. The Bertz CT molecular complexity index is 692. The Morgan fingerprint density at radius 3 is 2.05 bits per heavy atom. The lowest BCUT2D eigenvalue weighted by Gasteiger charge is -2.14. The van der Waals surface area contributed by atoms with E-state index in [2.05, 4.69) is 4.72 Å². The largest absolute Gasteiger partial charge is 0.496 e. The van der Waals surface area contributed by atoms with Gasteiger partial charge in [-0.2, -0.15) is 0 Å². The SMILES string of the molecule is COc1cccc(OC)c1CNS(=O)(=O)Cc1ccccc1. The van der Waals surface area contributed by atoms with E-state index in [0.29, 0.717) is 17.1 Å². The van der Waals surface area contributed by atoms with Crippen molar-refractivity contribution in [2.45, 2.75) is 12.3 Å². The molecule has 0 amide bonds. The fourth-order valence-corrected chi connectivity index (χ4v) is 3.23. The molecule has 0 atom stereocenters. The van der Waals surface area contributed by atoms with E-state index in [1.54, 1.807) is 30.3 Å². The predicted octanol–water partition coefficient (Wildman–Crippen LogP) is 2.32. The van der Waals surface area contributed by atoms with Gasteiger partial charge in [0.2, 0.25) is 10.0 Å². The smallest absolute Gasteiger partial charge is 0.216 e. The molecule has 1 N–H and O–H groups in total. The molecule has 0 aliphatic carbocycles. The standard InChI is InChI=1S/C16H19NO4S/c1-20-15-9-6-10-16(21-2)14(15)11-17-22(18,19)12-13-7-4-3-5-8-13/h3-10,17H,11-12H2,1-2H3. The number of hydrogen-bond donors (Lipinski definition) is 1. The van der Waals surface area contributed by atoms with Crippen molar-refractivity contribution in [1.29, 1.82) is 0 Å². The predicted molar refractivity (Wildman–Crippen MR) is 85.5 cm³/mol. The number of ether oxygens (including phenoxy) is 2. The van der Waals surface area contributed by atoms with Crippen molar-refractivity contribution in [2.24, 2.45) is 0 Å². The topological polar surface area (TPSA) is 64.6 Å². The molecule has 0 saturated heterocycles. The first-order valence-electron chi connectivity index (χ1n) is 6.77. The molecule has 0 fully saturated rings. The Kier molecular flexibility index (Phi) is 5.41. The van der Waals surface area contributed by atoms with Gasteiger partial charge in [0, 0.05) is 6.54 Å². The number of methoxy groups -OCH3 is 2. The van der Waals surface area contributed by atoms with Crippen LogP contribution in [0.25, 0.3) is 0 Å². The van der Waals surface area contributed by atoms with Crippen molar-refractivity contribution in [1.82, 2.24) is 4.72 Å². The Balaban J connectivity index is 2.12. The number of rotatable bonds is 7. The molecule has 0 aromatic heterocycles. The van der Waals surface area contributed by atoms with E-state index in [4.69, 9.17) is 9.47 Å². The summed E-state index contributed by atoms with van der Waals surface area (Å²) in [6.45, 7) is 0.113. The molecule has 118 valence electrons. The maximum Gasteiger partial charge on any atom is 0.216 e. The van der Waals surface area contributed by atoms with Crippen LogP contribution >= 0.6 is 0 Å². The number of hydrogen-bond acceptors (Lipinski definition) is 4. The van der Waals surface area contributed by atoms with Crippen LogP contribution in [0.3, 0.4) is 0 Å². The van der Waals surface area contributed by atoms with Gasteiger partial charge < -0.3 is 9.47 Å². The third kappa shape index (κ3) is 4.22.